The summed E-state index contributed by atoms with van der Waals surface area (Å²) in [6.07, 6.45) is 0. The van der Waals surface area contributed by atoms with Crippen LogP contribution in [0, 0.1) is 5.92 Å². The minimum absolute atomic E-state index is 0.658. The minimum Gasteiger partial charge on any atom is -0.495 e. The highest BCUT2D eigenvalue weighted by Crippen LogP contribution is 2.24. The molecule has 1 rings (SSSR count). The Morgan fingerprint density at radius 1 is 1.40 bits per heavy atom. The van der Waals surface area contributed by atoms with E-state index in [4.69, 9.17) is 16.3 Å². The zero-order chi connectivity index (χ0) is 11.3. The third-order valence-corrected chi connectivity index (χ3v) is 2.41. The second-order valence-corrected chi connectivity index (χ2v) is 4.40. The number of nitrogens with one attached hydrogen (secondary N) is 1. The molecule has 0 spiro atoms. The molecule has 2 nitrogen and oxygen atoms in total. The summed E-state index contributed by atoms with van der Waals surface area (Å²) in [5.41, 5.74) is 1.19. The molecule has 84 valence electrons. The van der Waals surface area contributed by atoms with E-state index in [9.17, 15) is 0 Å². The molecule has 0 aliphatic heterocycles. The predicted molar refractivity (Wildman–Crippen MR) is 64.5 cm³/mol. The molecule has 0 heterocycles. The topological polar surface area (TPSA) is 21.3 Å². The van der Waals surface area contributed by atoms with Gasteiger partial charge in [-0.15, -0.1) is 0 Å². The number of halogens is 1. The average molecular weight is 228 g/mol. The monoisotopic (exact) mass is 227 g/mol. The van der Waals surface area contributed by atoms with Crippen LogP contribution in [0.1, 0.15) is 19.4 Å². The van der Waals surface area contributed by atoms with E-state index < -0.39 is 0 Å². The Hall–Kier alpha value is -0.730. The summed E-state index contributed by atoms with van der Waals surface area (Å²) in [5.74, 6) is 1.40. The van der Waals surface area contributed by atoms with Gasteiger partial charge in [0.15, 0.2) is 0 Å². The zero-order valence-corrected chi connectivity index (χ0v) is 10.3. The maximum atomic E-state index is 5.94. The molecule has 0 saturated heterocycles. The molecular formula is C12H18ClNO. The van der Waals surface area contributed by atoms with Gasteiger partial charge >= 0.3 is 0 Å². The molecule has 0 bridgehead atoms. The number of benzene rings is 1. The Morgan fingerprint density at radius 3 is 2.73 bits per heavy atom. The van der Waals surface area contributed by atoms with E-state index >= 15 is 0 Å². The number of ether oxygens (including phenoxy) is 1. The van der Waals surface area contributed by atoms with Crippen LogP contribution in [-0.2, 0) is 6.54 Å². The number of methoxy groups -OCH3 is 1. The van der Waals surface area contributed by atoms with Gasteiger partial charge in [0.2, 0.25) is 0 Å². The van der Waals surface area contributed by atoms with Gasteiger partial charge in [-0.05, 0) is 30.2 Å². The zero-order valence-electron chi connectivity index (χ0n) is 9.51. The van der Waals surface area contributed by atoms with E-state index in [0.717, 1.165) is 18.8 Å². The quantitative estimate of drug-likeness (QED) is 0.835. The fourth-order valence-corrected chi connectivity index (χ4v) is 1.51. The van der Waals surface area contributed by atoms with Gasteiger partial charge in [-0.25, -0.2) is 0 Å². The molecule has 1 N–H and O–H groups in total. The van der Waals surface area contributed by atoms with Crippen molar-refractivity contribution in [2.24, 2.45) is 5.92 Å². The van der Waals surface area contributed by atoms with E-state index in [1.54, 1.807) is 7.11 Å². The highest BCUT2D eigenvalue weighted by molar-refractivity contribution is 6.32. The van der Waals surface area contributed by atoms with Crippen LogP contribution in [0.15, 0.2) is 18.2 Å². The van der Waals surface area contributed by atoms with Gasteiger partial charge in [0.25, 0.3) is 0 Å². The summed E-state index contributed by atoms with van der Waals surface area (Å²) < 4.78 is 5.15. The molecule has 0 unspecified atom stereocenters. The van der Waals surface area contributed by atoms with Crippen molar-refractivity contribution in [1.82, 2.24) is 5.32 Å². The van der Waals surface area contributed by atoms with Gasteiger partial charge < -0.3 is 10.1 Å². The SMILES string of the molecule is COc1cc(CNCC(C)C)ccc1Cl. The van der Waals surface area contributed by atoms with Crippen LogP contribution < -0.4 is 10.1 Å². The Labute approximate surface area is 96.6 Å². The lowest BCUT2D eigenvalue weighted by Crippen LogP contribution is -2.18. The third kappa shape index (κ3) is 4.10. The van der Waals surface area contributed by atoms with Gasteiger partial charge in [0.05, 0.1) is 12.1 Å². The van der Waals surface area contributed by atoms with Crippen LogP contribution in [0.5, 0.6) is 5.75 Å². The van der Waals surface area contributed by atoms with Crippen molar-refractivity contribution in [3.63, 3.8) is 0 Å². The maximum absolute atomic E-state index is 5.94. The molecule has 0 radical (unpaired) electrons. The predicted octanol–water partition coefficient (Wildman–Crippen LogP) is 3.09. The van der Waals surface area contributed by atoms with Gasteiger partial charge in [-0.2, -0.15) is 0 Å². The first-order chi connectivity index (χ1) is 7.13. The van der Waals surface area contributed by atoms with Crippen LogP contribution >= 0.6 is 11.6 Å². The molecule has 0 aromatic heterocycles. The maximum Gasteiger partial charge on any atom is 0.137 e. The van der Waals surface area contributed by atoms with E-state index in [1.165, 1.54) is 5.56 Å². The smallest absolute Gasteiger partial charge is 0.137 e. The summed E-state index contributed by atoms with van der Waals surface area (Å²) in [7, 11) is 1.63. The molecule has 0 saturated carbocycles. The van der Waals surface area contributed by atoms with Crippen molar-refractivity contribution in [3.8, 4) is 5.75 Å². The van der Waals surface area contributed by atoms with Crippen molar-refractivity contribution in [2.75, 3.05) is 13.7 Å². The fourth-order valence-electron chi connectivity index (χ4n) is 1.32. The van der Waals surface area contributed by atoms with Crippen molar-refractivity contribution in [2.45, 2.75) is 20.4 Å². The Morgan fingerprint density at radius 2 is 2.13 bits per heavy atom. The molecule has 1 aromatic carbocycles. The minimum atomic E-state index is 0.658. The average Bonchev–Trinajstić information content (AvgIpc) is 2.20. The lowest BCUT2D eigenvalue weighted by molar-refractivity contribution is 0.414. The molecule has 1 aromatic rings. The fraction of sp³-hybridized carbons (Fsp3) is 0.500. The second-order valence-electron chi connectivity index (χ2n) is 3.99. The lowest BCUT2D eigenvalue weighted by atomic mass is 10.2. The van der Waals surface area contributed by atoms with Gasteiger partial charge in [0, 0.05) is 6.54 Å². The highest BCUT2D eigenvalue weighted by atomic mass is 35.5. The van der Waals surface area contributed by atoms with Crippen LogP contribution in [-0.4, -0.2) is 13.7 Å². The Bertz CT molecular complexity index is 312. The van der Waals surface area contributed by atoms with E-state index in [1.807, 2.05) is 18.2 Å². The summed E-state index contributed by atoms with van der Waals surface area (Å²) in [6, 6.07) is 5.85. The molecule has 0 fully saturated rings. The van der Waals surface area contributed by atoms with Crippen molar-refractivity contribution >= 4 is 11.6 Å². The highest BCUT2D eigenvalue weighted by Gasteiger charge is 2.01. The van der Waals surface area contributed by atoms with Crippen LogP contribution in [0.4, 0.5) is 0 Å². The number of rotatable bonds is 5. The molecule has 3 heteroatoms. The van der Waals surface area contributed by atoms with Gasteiger partial charge in [-0.3, -0.25) is 0 Å². The van der Waals surface area contributed by atoms with Crippen LogP contribution in [0.3, 0.4) is 0 Å². The summed E-state index contributed by atoms with van der Waals surface area (Å²) in [6.45, 7) is 6.25. The summed E-state index contributed by atoms with van der Waals surface area (Å²) in [4.78, 5) is 0. The summed E-state index contributed by atoms with van der Waals surface area (Å²) in [5, 5.41) is 4.03. The van der Waals surface area contributed by atoms with Gasteiger partial charge in [0.1, 0.15) is 5.75 Å². The number of hydrogen-bond acceptors (Lipinski definition) is 2. The largest absolute Gasteiger partial charge is 0.495 e. The first-order valence-electron chi connectivity index (χ1n) is 5.16. The lowest BCUT2D eigenvalue weighted by Gasteiger charge is -2.09. The van der Waals surface area contributed by atoms with Gasteiger partial charge in [-0.1, -0.05) is 31.5 Å². The second kappa shape index (κ2) is 5.99. The molecule has 0 amide bonds. The van der Waals surface area contributed by atoms with Crippen molar-refractivity contribution in [1.29, 1.82) is 0 Å². The normalized spacial score (nSPS) is 10.7. The Kier molecular flexibility index (Phi) is 4.92. The van der Waals surface area contributed by atoms with Crippen molar-refractivity contribution < 1.29 is 4.74 Å². The van der Waals surface area contributed by atoms with E-state index in [0.29, 0.717) is 10.9 Å². The van der Waals surface area contributed by atoms with E-state index in [-0.39, 0.29) is 0 Å². The molecule has 0 aliphatic rings. The molecule has 0 aliphatic carbocycles. The first-order valence-corrected chi connectivity index (χ1v) is 5.54. The first kappa shape index (κ1) is 12.3. The van der Waals surface area contributed by atoms with E-state index in [2.05, 4.69) is 19.2 Å². The van der Waals surface area contributed by atoms with Crippen LogP contribution in [0.25, 0.3) is 0 Å². The third-order valence-electron chi connectivity index (χ3n) is 2.10. The summed E-state index contributed by atoms with van der Waals surface area (Å²) >= 11 is 5.94. The molecule has 0 atom stereocenters. The molecular weight excluding hydrogens is 210 g/mol. The standard InChI is InChI=1S/C12H18ClNO/c1-9(2)7-14-8-10-4-5-11(13)12(6-10)15-3/h4-6,9,14H,7-8H2,1-3H3. The Balaban J connectivity index is 2.54. The number of hydrogen-bond donors (Lipinski definition) is 1. The van der Waals surface area contributed by atoms with Crippen molar-refractivity contribution in [3.05, 3.63) is 28.8 Å². The molecule has 15 heavy (non-hydrogen) atoms. The van der Waals surface area contributed by atoms with Crippen LogP contribution in [0.2, 0.25) is 5.02 Å².